The van der Waals surface area contributed by atoms with Gasteiger partial charge in [-0.3, -0.25) is 4.79 Å². The minimum atomic E-state index is 0.0500. The van der Waals surface area contributed by atoms with Gasteiger partial charge < -0.3 is 10.2 Å². The van der Waals surface area contributed by atoms with Crippen LogP contribution in [0.5, 0.6) is 0 Å². The van der Waals surface area contributed by atoms with E-state index in [4.69, 9.17) is 0 Å². The Hall–Kier alpha value is -1.88. The summed E-state index contributed by atoms with van der Waals surface area (Å²) in [5.41, 5.74) is 2.36. The molecule has 1 aromatic carbocycles. The molecule has 5 heteroatoms. The van der Waals surface area contributed by atoms with E-state index in [9.17, 15) is 4.79 Å². The molecule has 24 heavy (non-hydrogen) atoms. The first-order valence-electron chi connectivity index (χ1n) is 8.47. The average molecular weight is 388 g/mol. The number of halogens is 1. The standard InChI is InChI=1S/C19H22BrN3O/c1-2-15-7-5-6-12-23(15)19(24)18-11-10-14(13-21-18)22-17-9-4-3-8-16(17)20/h3-4,8-11,13,15,22H,2,5-7,12H2,1H3. The highest BCUT2D eigenvalue weighted by atomic mass is 79.9. The van der Waals surface area contributed by atoms with Crippen LogP contribution in [0.15, 0.2) is 47.1 Å². The summed E-state index contributed by atoms with van der Waals surface area (Å²) in [5.74, 6) is 0.0500. The van der Waals surface area contributed by atoms with Crippen molar-refractivity contribution >= 4 is 33.2 Å². The van der Waals surface area contributed by atoms with E-state index in [-0.39, 0.29) is 5.91 Å². The largest absolute Gasteiger partial charge is 0.353 e. The fourth-order valence-corrected chi connectivity index (χ4v) is 3.54. The highest BCUT2D eigenvalue weighted by Gasteiger charge is 2.26. The van der Waals surface area contributed by atoms with E-state index in [0.29, 0.717) is 11.7 Å². The lowest BCUT2D eigenvalue weighted by molar-refractivity contribution is 0.0602. The summed E-state index contributed by atoms with van der Waals surface area (Å²) in [6.45, 7) is 2.99. The number of nitrogens with one attached hydrogen (secondary N) is 1. The van der Waals surface area contributed by atoms with Crippen LogP contribution in [0.2, 0.25) is 0 Å². The van der Waals surface area contributed by atoms with Gasteiger partial charge in [-0.25, -0.2) is 4.98 Å². The molecule has 1 unspecified atom stereocenters. The number of benzene rings is 1. The fraction of sp³-hybridized carbons (Fsp3) is 0.368. The molecule has 2 heterocycles. The first-order valence-corrected chi connectivity index (χ1v) is 9.27. The van der Waals surface area contributed by atoms with Crippen LogP contribution in [0.4, 0.5) is 11.4 Å². The maximum Gasteiger partial charge on any atom is 0.272 e. The number of carbonyl (C=O) groups excluding carboxylic acids is 1. The molecule has 0 spiro atoms. The van der Waals surface area contributed by atoms with Crippen LogP contribution >= 0.6 is 15.9 Å². The molecule has 1 aliphatic rings. The molecule has 126 valence electrons. The summed E-state index contributed by atoms with van der Waals surface area (Å²) < 4.78 is 0.990. The van der Waals surface area contributed by atoms with E-state index in [2.05, 4.69) is 33.2 Å². The van der Waals surface area contributed by atoms with Crippen molar-refractivity contribution in [3.8, 4) is 0 Å². The molecule has 3 rings (SSSR count). The monoisotopic (exact) mass is 387 g/mol. The number of hydrogen-bond acceptors (Lipinski definition) is 3. The Bertz CT molecular complexity index is 702. The van der Waals surface area contributed by atoms with Gasteiger partial charge in [-0.1, -0.05) is 19.1 Å². The van der Waals surface area contributed by atoms with Gasteiger partial charge in [0.15, 0.2) is 0 Å². The molecule has 0 bridgehead atoms. The molecule has 2 aromatic rings. The van der Waals surface area contributed by atoms with Gasteiger partial charge in [-0.2, -0.15) is 0 Å². The molecule has 1 fully saturated rings. The zero-order chi connectivity index (χ0) is 16.9. The van der Waals surface area contributed by atoms with Gasteiger partial charge in [0, 0.05) is 17.1 Å². The molecule has 1 amide bonds. The first-order chi connectivity index (χ1) is 11.7. The van der Waals surface area contributed by atoms with Gasteiger partial charge >= 0.3 is 0 Å². The minimum absolute atomic E-state index is 0.0500. The van der Waals surface area contributed by atoms with E-state index in [0.717, 1.165) is 41.7 Å². The third-order valence-electron chi connectivity index (χ3n) is 4.49. The number of carbonyl (C=O) groups is 1. The van der Waals surface area contributed by atoms with Crippen molar-refractivity contribution < 1.29 is 4.79 Å². The van der Waals surface area contributed by atoms with Gasteiger partial charge in [-0.05, 0) is 65.9 Å². The van der Waals surface area contributed by atoms with Crippen molar-refractivity contribution in [1.82, 2.24) is 9.88 Å². The molecule has 1 saturated heterocycles. The minimum Gasteiger partial charge on any atom is -0.353 e. The maximum atomic E-state index is 12.7. The van der Waals surface area contributed by atoms with E-state index < -0.39 is 0 Å². The predicted octanol–water partition coefficient (Wildman–Crippen LogP) is 4.99. The van der Waals surface area contributed by atoms with Crippen LogP contribution < -0.4 is 5.32 Å². The second-order valence-electron chi connectivity index (χ2n) is 6.09. The lowest BCUT2D eigenvalue weighted by Gasteiger charge is -2.35. The molecule has 0 aliphatic carbocycles. The highest BCUT2D eigenvalue weighted by molar-refractivity contribution is 9.10. The molecule has 1 N–H and O–H groups in total. The molecular weight excluding hydrogens is 366 g/mol. The quantitative estimate of drug-likeness (QED) is 0.803. The van der Waals surface area contributed by atoms with Crippen molar-refractivity contribution in [3.05, 3.63) is 52.8 Å². The number of hydrogen-bond donors (Lipinski definition) is 1. The summed E-state index contributed by atoms with van der Waals surface area (Å²) in [5, 5.41) is 3.30. The molecule has 0 radical (unpaired) electrons. The van der Waals surface area contributed by atoms with Crippen LogP contribution in [0, 0.1) is 0 Å². The van der Waals surface area contributed by atoms with Crippen LogP contribution in [0.25, 0.3) is 0 Å². The van der Waals surface area contributed by atoms with E-state index >= 15 is 0 Å². The Morgan fingerprint density at radius 1 is 1.29 bits per heavy atom. The summed E-state index contributed by atoms with van der Waals surface area (Å²) in [4.78, 5) is 19.1. The second-order valence-corrected chi connectivity index (χ2v) is 6.95. The zero-order valence-corrected chi connectivity index (χ0v) is 15.4. The lowest BCUT2D eigenvalue weighted by Crippen LogP contribution is -2.43. The van der Waals surface area contributed by atoms with Crippen LogP contribution in [0.1, 0.15) is 43.1 Å². The number of anilines is 2. The number of rotatable bonds is 4. The van der Waals surface area contributed by atoms with Crippen LogP contribution in [-0.4, -0.2) is 28.4 Å². The summed E-state index contributed by atoms with van der Waals surface area (Å²) in [6.07, 6.45) is 6.13. The van der Waals surface area contributed by atoms with Gasteiger partial charge in [0.25, 0.3) is 5.91 Å². The Kier molecular flexibility index (Phi) is 5.51. The first kappa shape index (κ1) is 17.0. The van der Waals surface area contributed by atoms with Crippen molar-refractivity contribution in [2.45, 2.75) is 38.6 Å². The Labute approximate surface area is 151 Å². The zero-order valence-electron chi connectivity index (χ0n) is 13.8. The molecule has 1 aromatic heterocycles. The number of amides is 1. The number of likely N-dealkylation sites (tertiary alicyclic amines) is 1. The van der Waals surface area contributed by atoms with Crippen molar-refractivity contribution in [2.24, 2.45) is 0 Å². The molecular formula is C19H22BrN3O. The number of piperidine rings is 1. The van der Waals surface area contributed by atoms with Crippen LogP contribution in [-0.2, 0) is 0 Å². The van der Waals surface area contributed by atoms with Crippen molar-refractivity contribution in [3.63, 3.8) is 0 Å². The van der Waals surface area contributed by atoms with E-state index in [1.807, 2.05) is 41.3 Å². The van der Waals surface area contributed by atoms with Crippen molar-refractivity contribution in [2.75, 3.05) is 11.9 Å². The normalized spacial score (nSPS) is 17.6. The molecule has 0 saturated carbocycles. The lowest BCUT2D eigenvalue weighted by atomic mass is 9.99. The fourth-order valence-electron chi connectivity index (χ4n) is 3.15. The Morgan fingerprint density at radius 3 is 2.83 bits per heavy atom. The Balaban J connectivity index is 1.72. The smallest absolute Gasteiger partial charge is 0.272 e. The highest BCUT2D eigenvalue weighted by Crippen LogP contribution is 2.25. The molecule has 1 aliphatic heterocycles. The van der Waals surface area contributed by atoms with Gasteiger partial charge in [0.2, 0.25) is 0 Å². The number of aromatic nitrogens is 1. The third kappa shape index (κ3) is 3.78. The SMILES string of the molecule is CCC1CCCCN1C(=O)c1ccc(Nc2ccccc2Br)cn1. The third-order valence-corrected chi connectivity index (χ3v) is 5.19. The second kappa shape index (κ2) is 7.79. The van der Waals surface area contributed by atoms with E-state index in [1.54, 1.807) is 6.20 Å². The number of para-hydroxylation sites is 1. The van der Waals surface area contributed by atoms with E-state index in [1.165, 1.54) is 6.42 Å². The van der Waals surface area contributed by atoms with Gasteiger partial charge in [-0.15, -0.1) is 0 Å². The summed E-state index contributed by atoms with van der Waals surface area (Å²) >= 11 is 3.51. The number of nitrogens with zero attached hydrogens (tertiary/aromatic N) is 2. The summed E-state index contributed by atoms with van der Waals surface area (Å²) in [7, 11) is 0. The van der Waals surface area contributed by atoms with Gasteiger partial charge in [0.1, 0.15) is 5.69 Å². The summed E-state index contributed by atoms with van der Waals surface area (Å²) in [6, 6.07) is 12.0. The van der Waals surface area contributed by atoms with Crippen molar-refractivity contribution in [1.29, 1.82) is 0 Å². The molecule has 1 atom stereocenters. The number of pyridine rings is 1. The maximum absolute atomic E-state index is 12.7. The predicted molar refractivity (Wildman–Crippen MR) is 101 cm³/mol. The Morgan fingerprint density at radius 2 is 2.12 bits per heavy atom. The average Bonchev–Trinajstić information content (AvgIpc) is 2.63. The van der Waals surface area contributed by atoms with Gasteiger partial charge in [0.05, 0.1) is 17.6 Å². The topological polar surface area (TPSA) is 45.2 Å². The van der Waals surface area contributed by atoms with Crippen LogP contribution in [0.3, 0.4) is 0 Å². The molecule has 4 nitrogen and oxygen atoms in total.